The number of hydrogen-bond acceptors (Lipinski definition) is 4. The van der Waals surface area contributed by atoms with Gasteiger partial charge in [0.1, 0.15) is 5.75 Å². The van der Waals surface area contributed by atoms with E-state index in [2.05, 4.69) is 10.4 Å². The summed E-state index contributed by atoms with van der Waals surface area (Å²) < 4.78 is 7.19. The summed E-state index contributed by atoms with van der Waals surface area (Å²) in [6.07, 6.45) is 4.36. The lowest BCUT2D eigenvalue weighted by Gasteiger charge is -2.19. The Bertz CT molecular complexity index is 889. The maximum Gasteiger partial charge on any atom is 0.272 e. The Balaban J connectivity index is 1.50. The fourth-order valence-corrected chi connectivity index (χ4v) is 4.10. The van der Waals surface area contributed by atoms with Crippen LogP contribution in [0.4, 0.5) is 5.69 Å². The van der Waals surface area contributed by atoms with Gasteiger partial charge in [0, 0.05) is 31.3 Å². The molecule has 1 saturated heterocycles. The number of aromatic nitrogens is 2. The smallest absolute Gasteiger partial charge is 0.272 e. The number of anilines is 1. The first-order chi connectivity index (χ1) is 13.1. The van der Waals surface area contributed by atoms with Gasteiger partial charge in [-0.15, -0.1) is 0 Å². The number of carbonyl (C=O) groups excluding carboxylic acids is 2. The van der Waals surface area contributed by atoms with Gasteiger partial charge in [0.2, 0.25) is 5.91 Å². The molecule has 27 heavy (non-hydrogen) atoms. The highest BCUT2D eigenvalue weighted by molar-refractivity contribution is 5.99. The van der Waals surface area contributed by atoms with E-state index >= 15 is 0 Å². The SMILES string of the molecule is COc1ccccc1N1CC(NC(=O)c2nn(C)c3c2CCCC3)CC1=O. The van der Waals surface area contributed by atoms with Crippen LogP contribution in [-0.2, 0) is 24.7 Å². The van der Waals surface area contributed by atoms with Gasteiger partial charge in [0.05, 0.1) is 18.8 Å². The Morgan fingerprint density at radius 1 is 1.26 bits per heavy atom. The van der Waals surface area contributed by atoms with Crippen molar-refractivity contribution in [2.45, 2.75) is 38.1 Å². The minimum absolute atomic E-state index is 0.0205. The molecule has 0 spiro atoms. The van der Waals surface area contributed by atoms with Crippen molar-refractivity contribution in [1.82, 2.24) is 15.1 Å². The van der Waals surface area contributed by atoms with E-state index in [-0.39, 0.29) is 24.3 Å². The van der Waals surface area contributed by atoms with Crippen LogP contribution in [0.3, 0.4) is 0 Å². The molecule has 1 atom stereocenters. The van der Waals surface area contributed by atoms with E-state index in [9.17, 15) is 9.59 Å². The quantitative estimate of drug-likeness (QED) is 0.893. The van der Waals surface area contributed by atoms with E-state index in [1.807, 2.05) is 36.0 Å². The third kappa shape index (κ3) is 3.18. The van der Waals surface area contributed by atoms with Crippen molar-refractivity contribution in [3.05, 3.63) is 41.2 Å². The highest BCUT2D eigenvalue weighted by Gasteiger charge is 2.34. The van der Waals surface area contributed by atoms with Crippen molar-refractivity contribution in [3.8, 4) is 5.75 Å². The summed E-state index contributed by atoms with van der Waals surface area (Å²) in [5.41, 5.74) is 3.46. The van der Waals surface area contributed by atoms with Crippen LogP contribution in [0.15, 0.2) is 24.3 Å². The zero-order valence-electron chi connectivity index (χ0n) is 15.7. The summed E-state index contributed by atoms with van der Waals surface area (Å²) in [5.74, 6) is 0.442. The molecule has 1 unspecified atom stereocenters. The average Bonchev–Trinajstić information content (AvgIpc) is 3.22. The summed E-state index contributed by atoms with van der Waals surface area (Å²) in [5, 5.41) is 7.45. The van der Waals surface area contributed by atoms with E-state index in [4.69, 9.17) is 4.74 Å². The third-order valence-corrected chi connectivity index (χ3v) is 5.42. The van der Waals surface area contributed by atoms with E-state index in [1.54, 1.807) is 12.0 Å². The average molecular weight is 368 g/mol. The molecule has 1 N–H and O–H groups in total. The number of rotatable bonds is 4. The molecule has 4 rings (SSSR count). The largest absolute Gasteiger partial charge is 0.495 e. The van der Waals surface area contributed by atoms with Gasteiger partial charge in [-0.2, -0.15) is 5.10 Å². The number of amides is 2. The molecular weight excluding hydrogens is 344 g/mol. The fraction of sp³-hybridized carbons (Fsp3) is 0.450. The minimum atomic E-state index is -0.240. The number of para-hydroxylation sites is 2. The second kappa shape index (κ2) is 7.06. The van der Waals surface area contributed by atoms with Crippen molar-refractivity contribution < 1.29 is 14.3 Å². The Kier molecular flexibility index (Phi) is 4.59. The molecule has 0 bridgehead atoms. The zero-order valence-corrected chi connectivity index (χ0v) is 15.7. The molecular formula is C20H24N4O3. The minimum Gasteiger partial charge on any atom is -0.495 e. The number of benzene rings is 1. The van der Waals surface area contributed by atoms with E-state index in [0.717, 1.165) is 42.6 Å². The summed E-state index contributed by atoms with van der Waals surface area (Å²) in [6, 6.07) is 7.19. The molecule has 1 aliphatic heterocycles. The van der Waals surface area contributed by atoms with Crippen molar-refractivity contribution in [1.29, 1.82) is 0 Å². The number of fused-ring (bicyclic) bond motifs is 1. The second-order valence-electron chi connectivity index (χ2n) is 7.16. The van der Waals surface area contributed by atoms with Gasteiger partial charge >= 0.3 is 0 Å². The molecule has 142 valence electrons. The van der Waals surface area contributed by atoms with Gasteiger partial charge in [0.25, 0.3) is 5.91 Å². The predicted molar refractivity (Wildman–Crippen MR) is 101 cm³/mol. The molecule has 1 aliphatic carbocycles. The Labute approximate surface area is 158 Å². The molecule has 1 fully saturated rings. The molecule has 0 saturated carbocycles. The van der Waals surface area contributed by atoms with Gasteiger partial charge in [-0.1, -0.05) is 12.1 Å². The predicted octanol–water partition coefficient (Wildman–Crippen LogP) is 1.84. The van der Waals surface area contributed by atoms with Crippen LogP contribution in [0, 0.1) is 0 Å². The van der Waals surface area contributed by atoms with Gasteiger partial charge in [-0.25, -0.2) is 0 Å². The molecule has 1 aromatic carbocycles. The molecule has 0 radical (unpaired) electrons. The van der Waals surface area contributed by atoms with Gasteiger partial charge in [0.15, 0.2) is 5.69 Å². The molecule has 2 aliphatic rings. The highest BCUT2D eigenvalue weighted by Crippen LogP contribution is 2.31. The Morgan fingerprint density at radius 3 is 2.85 bits per heavy atom. The zero-order chi connectivity index (χ0) is 19.0. The molecule has 2 heterocycles. The monoisotopic (exact) mass is 368 g/mol. The lowest BCUT2D eigenvalue weighted by atomic mass is 9.95. The van der Waals surface area contributed by atoms with Crippen LogP contribution in [0.2, 0.25) is 0 Å². The van der Waals surface area contributed by atoms with Gasteiger partial charge in [-0.05, 0) is 37.8 Å². The number of methoxy groups -OCH3 is 1. The van der Waals surface area contributed by atoms with Gasteiger partial charge in [-0.3, -0.25) is 14.3 Å². The van der Waals surface area contributed by atoms with Crippen molar-refractivity contribution >= 4 is 17.5 Å². The number of hydrogen-bond donors (Lipinski definition) is 1. The van der Waals surface area contributed by atoms with Crippen molar-refractivity contribution in [2.24, 2.45) is 7.05 Å². The first kappa shape index (κ1) is 17.6. The van der Waals surface area contributed by atoms with Crippen molar-refractivity contribution in [3.63, 3.8) is 0 Å². The molecule has 7 heteroatoms. The van der Waals surface area contributed by atoms with Crippen LogP contribution in [0.25, 0.3) is 0 Å². The summed E-state index contributed by atoms with van der Waals surface area (Å²) in [6.45, 7) is 0.431. The van der Waals surface area contributed by atoms with Crippen LogP contribution >= 0.6 is 0 Å². The molecule has 2 aromatic rings. The highest BCUT2D eigenvalue weighted by atomic mass is 16.5. The van der Waals surface area contributed by atoms with Crippen LogP contribution in [0.1, 0.15) is 41.0 Å². The van der Waals surface area contributed by atoms with E-state index in [0.29, 0.717) is 18.0 Å². The van der Waals surface area contributed by atoms with Crippen molar-refractivity contribution in [2.75, 3.05) is 18.6 Å². The topological polar surface area (TPSA) is 76.5 Å². The molecule has 1 aromatic heterocycles. The van der Waals surface area contributed by atoms with Crippen LogP contribution < -0.4 is 15.0 Å². The maximum atomic E-state index is 12.8. The first-order valence-corrected chi connectivity index (χ1v) is 9.37. The van der Waals surface area contributed by atoms with Gasteiger partial charge < -0.3 is 15.0 Å². The van der Waals surface area contributed by atoms with E-state index < -0.39 is 0 Å². The summed E-state index contributed by atoms with van der Waals surface area (Å²) in [4.78, 5) is 27.0. The summed E-state index contributed by atoms with van der Waals surface area (Å²) in [7, 11) is 3.48. The normalized spacial score (nSPS) is 19.1. The standard InChI is InChI=1S/C20H24N4O3/c1-23-15-8-4-3-7-14(15)19(22-23)20(26)21-13-11-18(25)24(12-13)16-9-5-6-10-17(16)27-2/h5-6,9-10,13H,3-4,7-8,11-12H2,1-2H3,(H,21,26). The Morgan fingerprint density at radius 2 is 2.04 bits per heavy atom. The first-order valence-electron chi connectivity index (χ1n) is 9.37. The second-order valence-corrected chi connectivity index (χ2v) is 7.16. The van der Waals surface area contributed by atoms with Crippen LogP contribution in [-0.4, -0.2) is 41.3 Å². The number of aryl methyl sites for hydroxylation is 1. The summed E-state index contributed by atoms with van der Waals surface area (Å²) >= 11 is 0. The van der Waals surface area contributed by atoms with E-state index in [1.165, 1.54) is 0 Å². The number of carbonyl (C=O) groups is 2. The number of nitrogens with zero attached hydrogens (tertiary/aromatic N) is 3. The third-order valence-electron chi connectivity index (χ3n) is 5.42. The Hall–Kier alpha value is -2.83. The molecule has 2 amide bonds. The lowest BCUT2D eigenvalue weighted by molar-refractivity contribution is -0.117. The number of ether oxygens (including phenoxy) is 1. The maximum absolute atomic E-state index is 12.8. The lowest BCUT2D eigenvalue weighted by Crippen LogP contribution is -2.37. The number of nitrogens with one attached hydrogen (secondary N) is 1. The fourth-order valence-electron chi connectivity index (χ4n) is 4.10. The molecule has 7 nitrogen and oxygen atoms in total. The van der Waals surface area contributed by atoms with Crippen LogP contribution in [0.5, 0.6) is 5.75 Å².